The molecule has 0 aromatic heterocycles. The van der Waals surface area contributed by atoms with Crippen molar-refractivity contribution in [3.63, 3.8) is 0 Å². The zero-order valence-electron chi connectivity index (χ0n) is 79.2. The zero-order valence-corrected chi connectivity index (χ0v) is 101. The maximum atomic E-state index is 10.1. The van der Waals surface area contributed by atoms with E-state index in [1.54, 1.807) is 0 Å². The average molecular weight is 2890 g/mol. The Morgan fingerprint density at radius 3 is 0.405 bits per heavy atom. The molecular weight excluding hydrogens is 2740 g/mol. The number of quaternary nitrogens is 3. The number of unbranched alkanes of at least 4 members (excludes halogenated alkanes) is 12. The Labute approximate surface area is 960 Å². The van der Waals surface area contributed by atoms with Gasteiger partial charge in [-0.1, -0.05) is 160 Å². The summed E-state index contributed by atoms with van der Waals surface area (Å²) in [5.41, 5.74) is 17.0. The van der Waals surface area contributed by atoms with Crippen LogP contribution in [-0.4, -0.2) is 172 Å². The quantitative estimate of drug-likeness (QED) is 0.0198. The molecule has 2 aromatic rings. The minimum Gasteiger partial charge on any atom is -2.00 e. The van der Waals surface area contributed by atoms with Crippen molar-refractivity contribution >= 4 is 22.7 Å². The normalized spacial score (nSPS) is 7.48. The van der Waals surface area contributed by atoms with Gasteiger partial charge in [0.15, 0.2) is 0 Å². The predicted molar refractivity (Wildman–Crippen MR) is 400 cm³/mol. The maximum Gasteiger partial charge on any atom is 3.00 e. The monoisotopic (exact) mass is 2910 g/mol. The van der Waals surface area contributed by atoms with E-state index in [1.165, 1.54) is 307 Å². The fourth-order valence-corrected chi connectivity index (χ4v) is 9.73. The molecule has 1 fully saturated rings. The van der Waals surface area contributed by atoms with Crippen molar-refractivity contribution in [1.82, 2.24) is 0 Å². The van der Waals surface area contributed by atoms with Crippen molar-refractivity contribution in [2.75, 3.05) is 149 Å². The predicted octanol–water partition coefficient (Wildman–Crippen LogP) is 9.00. The van der Waals surface area contributed by atoms with Crippen molar-refractivity contribution in [2.45, 2.75) is 250 Å². The van der Waals surface area contributed by atoms with E-state index >= 15 is 0 Å². The standard InChI is InChI=1S/3C16H36N.2C6H4N3O2.C4H8O.8CH3O.Er.10Mo.26O/c3*1-5-9-13-17(14-10-6-2,15-11-7-3)16-12-8-4;2*7-8-5-1-3-6(4-2-5)9(10)11;1-2-4-5-3-1;8*1-2;;;;;;;;;;;;;;;;;;;;;;;;;;;;;;;;;;;;;/h3*5-16H2,1-4H3;2*1-4H;1-4H2;8*1H3;;;;;;;;;;;;;;;;;;;;;;;;;;;;;;;;;;;;;/q3*+1;2*-1;;8*-1;+3;;;;;;;;;;;26*-2. The molecule has 0 saturated carbocycles. The molecule has 843 valence electrons. The Bertz CT molecular complexity index is 1520. The fraction of sp³-hybridized carbons (Fsp3) is 0.833. The molecule has 2 aromatic carbocycles. The summed E-state index contributed by atoms with van der Waals surface area (Å²) >= 11 is 0. The average Bonchev–Trinajstić information content (AvgIpc) is 1.12. The van der Waals surface area contributed by atoms with Gasteiger partial charge in [-0.2, -0.15) is 56.9 Å². The van der Waals surface area contributed by atoms with Crippen LogP contribution in [0.25, 0.3) is 11.1 Å². The van der Waals surface area contributed by atoms with Crippen LogP contribution in [0.4, 0.5) is 22.7 Å². The number of rotatable bonds is 40. The number of hydrogen-bond acceptors (Lipinski definition) is 15. The van der Waals surface area contributed by atoms with Crippen LogP contribution >= 0.6 is 0 Å². The second-order valence-electron chi connectivity index (χ2n) is 22.0. The van der Waals surface area contributed by atoms with Gasteiger partial charge in [0.25, 0.3) is 11.4 Å². The van der Waals surface area contributed by atoms with Crippen LogP contribution in [0.2, 0.25) is 0 Å². The Kier molecular flexibility index (Phi) is 700. The SMILES string of the molecule is C1CCOC1.CCCC[N+](CCCC)(CCCC)CCCC.CCCC[N+](CCCC)(CCCC)CCCC.CCCC[N+](CCCC)(CCCC)CCCC.C[O-].C[O-].C[O-].C[O-].C[O-].C[O-].C[O-].C[O-].[Er+3].[Mo].[Mo].[Mo].[Mo].[Mo].[Mo].[Mo].[Mo].[Mo].[Mo].[N-]=Nc1ccc([N+](=O)[O-])cc1.[N-]=Nc1ccc([N+](=O)[O-])cc1.[O-2].[O-2].[O-2].[O-2].[O-2].[O-2].[O-2].[O-2].[O-2].[O-2].[O-2].[O-2].[O-2].[O-2].[O-2].[O-2].[O-2].[O-2].[O-2].[O-2].[O-2].[O-2].[O-2].[O-2].[O-2].[O-2]. The summed E-state index contributed by atoms with van der Waals surface area (Å²) in [7, 11) is 6.00. The molecular formula is C72H148ErMo10N9O39-56. The van der Waals surface area contributed by atoms with Crippen molar-refractivity contribution in [2.24, 2.45) is 10.2 Å². The van der Waals surface area contributed by atoms with E-state index in [9.17, 15) is 20.2 Å². The Morgan fingerprint density at radius 1 is 0.244 bits per heavy atom. The summed E-state index contributed by atoms with van der Waals surface area (Å²) in [6.07, 6.45) is 35.7. The fourth-order valence-electron chi connectivity index (χ4n) is 9.73. The van der Waals surface area contributed by atoms with Gasteiger partial charge in [-0.25, -0.2) is 0 Å². The van der Waals surface area contributed by atoms with E-state index in [1.807, 2.05) is 0 Å². The van der Waals surface area contributed by atoms with E-state index in [0.717, 1.165) is 70.1 Å². The van der Waals surface area contributed by atoms with Crippen molar-refractivity contribution < 1.29 is 459 Å². The van der Waals surface area contributed by atoms with Gasteiger partial charge >= 0.3 is 37.3 Å². The van der Waals surface area contributed by atoms with Gasteiger partial charge in [-0.05, 0) is 114 Å². The third kappa shape index (κ3) is 228. The number of nitro groups is 2. The van der Waals surface area contributed by atoms with E-state index < -0.39 is 9.85 Å². The summed E-state index contributed by atoms with van der Waals surface area (Å²) in [5, 5.41) is 91.9. The van der Waals surface area contributed by atoms with Crippen LogP contribution in [0, 0.1) is 57.5 Å². The van der Waals surface area contributed by atoms with Gasteiger partial charge in [0.1, 0.15) is 0 Å². The first-order valence-corrected chi connectivity index (χ1v) is 35.3. The third-order valence-electron chi connectivity index (χ3n) is 15.0. The molecule has 0 N–H and O–H groups in total. The number of hydrogen-bond donors (Lipinski definition) is 0. The molecule has 59 heteroatoms. The van der Waals surface area contributed by atoms with Crippen LogP contribution in [0.1, 0.15) is 250 Å². The summed E-state index contributed by atoms with van der Waals surface area (Å²) in [6.45, 7) is 47.1. The number of nitro benzene ring substituents is 2. The van der Waals surface area contributed by atoms with Crippen molar-refractivity contribution in [3.8, 4) is 0 Å². The first-order valence-electron chi connectivity index (χ1n) is 35.3. The number of ether oxygens (including phenoxy) is 1. The van der Waals surface area contributed by atoms with Gasteiger partial charge < -0.3 is 223 Å². The van der Waals surface area contributed by atoms with E-state index in [4.69, 9.17) is 56.7 Å². The molecule has 1 aliphatic rings. The topological polar surface area (TPSA) is 1090 Å². The first kappa shape index (κ1) is 320. The van der Waals surface area contributed by atoms with E-state index in [2.05, 4.69) is 93.3 Å². The molecule has 0 amide bonds. The summed E-state index contributed by atoms with van der Waals surface area (Å²) in [4.78, 5) is 19.2. The molecule has 0 unspecified atom stereocenters. The van der Waals surface area contributed by atoms with Gasteiger partial charge in [-0.15, -0.1) is 0 Å². The molecule has 1 aliphatic heterocycles. The van der Waals surface area contributed by atoms with E-state index in [-0.39, 0.29) is 402 Å². The Balaban J connectivity index is -0.0000000127. The minimum absolute atomic E-state index is 0. The molecule has 0 bridgehead atoms. The molecule has 3 rings (SSSR count). The van der Waals surface area contributed by atoms with Crippen LogP contribution in [-0.2, 0) is 358 Å². The van der Waals surface area contributed by atoms with Crippen molar-refractivity contribution in [1.29, 1.82) is 0 Å². The number of nitrogens with zero attached hydrogens (tertiary/aromatic N) is 9. The maximum absolute atomic E-state index is 10.1. The van der Waals surface area contributed by atoms with E-state index in [0.29, 0.717) is 11.4 Å². The molecule has 0 atom stereocenters. The Morgan fingerprint density at radius 2 is 0.344 bits per heavy atom. The van der Waals surface area contributed by atoms with Crippen LogP contribution < -0.4 is 40.9 Å². The van der Waals surface area contributed by atoms with Crippen LogP contribution in [0.5, 0.6) is 0 Å². The molecule has 131 heavy (non-hydrogen) atoms. The van der Waals surface area contributed by atoms with Gasteiger partial charge in [0, 0.05) is 260 Å². The number of non-ortho nitro benzene ring substituents is 2. The summed E-state index contributed by atoms with van der Waals surface area (Å²) in [6, 6.07) is 10.5. The largest absolute Gasteiger partial charge is 3.00 e. The second kappa shape index (κ2) is 286. The molecule has 0 aliphatic carbocycles. The summed E-state index contributed by atoms with van der Waals surface area (Å²) < 4.78 is 9.20. The second-order valence-corrected chi connectivity index (χ2v) is 22.0. The summed E-state index contributed by atoms with van der Waals surface area (Å²) in [5.74, 6) is 0. The molecule has 1 radical (unpaired) electrons. The smallest absolute Gasteiger partial charge is 2.00 e. The van der Waals surface area contributed by atoms with Gasteiger partial charge in [-0.3, -0.25) is 20.2 Å². The van der Waals surface area contributed by atoms with Crippen LogP contribution in [0.15, 0.2) is 58.8 Å². The Hall–Kier alpha value is 3.05. The van der Waals surface area contributed by atoms with Gasteiger partial charge in [0.05, 0.1) is 88.4 Å². The zero-order chi connectivity index (χ0) is 75.0. The van der Waals surface area contributed by atoms with Gasteiger partial charge in [0.2, 0.25) is 0 Å². The molecule has 1 saturated heterocycles. The molecule has 1 heterocycles. The minimum atomic E-state index is -0.513. The number of benzene rings is 2. The van der Waals surface area contributed by atoms with Crippen molar-refractivity contribution in [3.05, 3.63) is 79.8 Å². The first-order chi connectivity index (χ1) is 45.7. The van der Waals surface area contributed by atoms with Crippen LogP contribution in [0.3, 0.4) is 0 Å². The molecule has 48 nitrogen and oxygen atoms in total. The third-order valence-corrected chi connectivity index (χ3v) is 15.0. The molecule has 0 spiro atoms.